The number of nitrogens with one attached hydrogen (secondary N) is 1. The summed E-state index contributed by atoms with van der Waals surface area (Å²) in [4.78, 5) is 23.3. The molecular weight excluding hydrogens is 356 g/mol. The highest BCUT2D eigenvalue weighted by atomic mass is 35.5. The van der Waals surface area contributed by atoms with Gasteiger partial charge in [-0.15, -0.1) is 0 Å². The lowest BCUT2D eigenvalue weighted by atomic mass is 10.3. The van der Waals surface area contributed by atoms with Crippen molar-refractivity contribution in [1.82, 2.24) is 19.3 Å². The smallest absolute Gasteiger partial charge is 0.407 e. The number of hydrogen-bond donors (Lipinski definition) is 2. The van der Waals surface area contributed by atoms with E-state index in [1.165, 1.54) is 4.90 Å². The average molecular weight is 373 g/mol. The van der Waals surface area contributed by atoms with Gasteiger partial charge >= 0.3 is 6.09 Å². The number of imidazole rings is 1. The third-order valence-corrected chi connectivity index (χ3v) is 4.59. The minimum atomic E-state index is -0.867. The van der Waals surface area contributed by atoms with E-state index >= 15 is 0 Å². The van der Waals surface area contributed by atoms with E-state index in [4.69, 9.17) is 16.7 Å². The van der Waals surface area contributed by atoms with E-state index < -0.39 is 6.09 Å². The Kier molecular flexibility index (Phi) is 4.26. The van der Waals surface area contributed by atoms with E-state index in [2.05, 4.69) is 20.2 Å². The van der Waals surface area contributed by atoms with E-state index in [0.717, 1.165) is 17.0 Å². The predicted octanol–water partition coefficient (Wildman–Crippen LogP) is 2.93. The molecule has 0 aliphatic carbocycles. The first-order chi connectivity index (χ1) is 12.6. The second-order valence-electron chi connectivity index (χ2n) is 6.01. The molecule has 8 nitrogen and oxygen atoms in total. The van der Waals surface area contributed by atoms with Crippen molar-refractivity contribution in [2.45, 2.75) is 0 Å². The molecule has 0 saturated carbocycles. The molecule has 0 atom stereocenters. The first-order valence-electron chi connectivity index (χ1n) is 8.18. The lowest BCUT2D eigenvalue weighted by Gasteiger charge is -2.34. The van der Waals surface area contributed by atoms with Crippen molar-refractivity contribution >= 4 is 40.5 Å². The minimum absolute atomic E-state index is 0.496. The SMILES string of the molecule is O=C(O)N1CCN(c2ccc(Nc3cc(Cl)cn4ccnc34)nc2)CC1. The number of pyridine rings is 2. The zero-order valence-electron chi connectivity index (χ0n) is 13.8. The fourth-order valence-corrected chi connectivity index (χ4v) is 3.25. The van der Waals surface area contributed by atoms with Crippen molar-refractivity contribution in [3.63, 3.8) is 0 Å². The second kappa shape index (κ2) is 6.72. The van der Waals surface area contributed by atoms with Gasteiger partial charge in [0.15, 0.2) is 5.65 Å². The fourth-order valence-electron chi connectivity index (χ4n) is 3.03. The van der Waals surface area contributed by atoms with E-state index in [0.29, 0.717) is 37.0 Å². The van der Waals surface area contributed by atoms with Gasteiger partial charge in [-0.05, 0) is 18.2 Å². The number of aromatic nitrogens is 3. The molecular formula is C17H17ClN6O2. The molecule has 0 bridgehead atoms. The first-order valence-corrected chi connectivity index (χ1v) is 8.56. The number of hydrogen-bond acceptors (Lipinski definition) is 5. The maximum absolute atomic E-state index is 11.0. The van der Waals surface area contributed by atoms with Crippen LogP contribution in [0, 0.1) is 0 Å². The summed E-state index contributed by atoms with van der Waals surface area (Å²) in [6.45, 7) is 2.30. The predicted molar refractivity (Wildman–Crippen MR) is 99.5 cm³/mol. The summed E-state index contributed by atoms with van der Waals surface area (Å²) in [5.41, 5.74) is 2.51. The number of fused-ring (bicyclic) bond motifs is 1. The van der Waals surface area contributed by atoms with Crippen LogP contribution in [-0.2, 0) is 0 Å². The fraction of sp³-hybridized carbons (Fsp3) is 0.235. The molecule has 3 aromatic rings. The van der Waals surface area contributed by atoms with Gasteiger partial charge in [0.2, 0.25) is 0 Å². The van der Waals surface area contributed by atoms with Crippen LogP contribution >= 0.6 is 11.6 Å². The Morgan fingerprint density at radius 1 is 1.19 bits per heavy atom. The molecule has 1 aliphatic heterocycles. The van der Waals surface area contributed by atoms with Crippen LogP contribution < -0.4 is 10.2 Å². The van der Waals surface area contributed by atoms with Crippen LogP contribution in [0.3, 0.4) is 0 Å². The van der Waals surface area contributed by atoms with Gasteiger partial charge in [-0.2, -0.15) is 0 Å². The van der Waals surface area contributed by atoms with Gasteiger partial charge < -0.3 is 24.6 Å². The summed E-state index contributed by atoms with van der Waals surface area (Å²) in [7, 11) is 0. The molecule has 0 unspecified atom stereocenters. The molecule has 4 heterocycles. The van der Waals surface area contributed by atoms with Crippen LogP contribution in [0.4, 0.5) is 22.0 Å². The summed E-state index contributed by atoms with van der Waals surface area (Å²) < 4.78 is 1.85. The number of amides is 1. The van der Waals surface area contributed by atoms with Crippen LogP contribution in [0.2, 0.25) is 5.02 Å². The van der Waals surface area contributed by atoms with Crippen LogP contribution in [-0.4, -0.2) is 56.6 Å². The van der Waals surface area contributed by atoms with E-state index in [1.54, 1.807) is 18.6 Å². The van der Waals surface area contributed by atoms with Gasteiger partial charge in [-0.3, -0.25) is 0 Å². The van der Waals surface area contributed by atoms with Crippen molar-refractivity contribution in [1.29, 1.82) is 0 Å². The van der Waals surface area contributed by atoms with E-state index in [9.17, 15) is 4.79 Å². The lowest BCUT2D eigenvalue weighted by molar-refractivity contribution is 0.142. The molecule has 134 valence electrons. The summed E-state index contributed by atoms with van der Waals surface area (Å²) in [5.74, 6) is 0.685. The van der Waals surface area contributed by atoms with Crippen LogP contribution in [0.1, 0.15) is 0 Å². The number of anilines is 3. The zero-order valence-corrected chi connectivity index (χ0v) is 14.6. The molecule has 1 saturated heterocycles. The molecule has 1 fully saturated rings. The Morgan fingerprint density at radius 3 is 2.69 bits per heavy atom. The first kappa shape index (κ1) is 16.5. The highest BCUT2D eigenvalue weighted by Gasteiger charge is 2.20. The Hall–Kier alpha value is -3.00. The van der Waals surface area contributed by atoms with Crippen LogP contribution in [0.5, 0.6) is 0 Å². The normalized spacial score (nSPS) is 14.7. The minimum Gasteiger partial charge on any atom is -0.465 e. The molecule has 26 heavy (non-hydrogen) atoms. The van der Waals surface area contributed by atoms with Crippen molar-refractivity contribution in [2.75, 3.05) is 36.4 Å². The summed E-state index contributed by atoms with van der Waals surface area (Å²) in [6, 6.07) is 5.67. The quantitative estimate of drug-likeness (QED) is 0.735. The summed E-state index contributed by atoms with van der Waals surface area (Å²) >= 11 is 6.15. The molecule has 0 aromatic carbocycles. The Labute approximate surface area is 154 Å². The number of carboxylic acid groups (broad SMARTS) is 1. The number of nitrogens with zero attached hydrogens (tertiary/aromatic N) is 5. The molecule has 4 rings (SSSR count). The zero-order chi connectivity index (χ0) is 18.1. The van der Waals surface area contributed by atoms with Gasteiger partial charge in [0, 0.05) is 44.8 Å². The van der Waals surface area contributed by atoms with E-state index in [-0.39, 0.29) is 0 Å². The topological polar surface area (TPSA) is 86.0 Å². The Balaban J connectivity index is 1.48. The Morgan fingerprint density at radius 2 is 2.00 bits per heavy atom. The van der Waals surface area contributed by atoms with Crippen molar-refractivity contribution in [2.24, 2.45) is 0 Å². The number of halogens is 1. The maximum Gasteiger partial charge on any atom is 0.407 e. The standard InChI is InChI=1S/C17H17ClN6O2/c18-12-9-14(16-19-3-4-24(16)11-12)21-15-2-1-13(10-20-15)22-5-7-23(8-6-22)17(25)26/h1-4,9-11H,5-8H2,(H,20,21)(H,25,26). The highest BCUT2D eigenvalue weighted by molar-refractivity contribution is 6.30. The molecule has 9 heteroatoms. The molecule has 1 amide bonds. The van der Waals surface area contributed by atoms with Crippen LogP contribution in [0.15, 0.2) is 43.0 Å². The maximum atomic E-state index is 11.0. The van der Waals surface area contributed by atoms with Crippen molar-refractivity contribution in [3.8, 4) is 0 Å². The number of carbonyl (C=O) groups is 1. The van der Waals surface area contributed by atoms with E-state index in [1.807, 2.05) is 28.8 Å². The third kappa shape index (κ3) is 3.23. The second-order valence-corrected chi connectivity index (χ2v) is 6.45. The highest BCUT2D eigenvalue weighted by Crippen LogP contribution is 2.25. The molecule has 1 aliphatic rings. The molecule has 0 spiro atoms. The summed E-state index contributed by atoms with van der Waals surface area (Å²) in [5, 5.41) is 12.9. The number of piperazine rings is 1. The van der Waals surface area contributed by atoms with Crippen LogP contribution in [0.25, 0.3) is 5.65 Å². The van der Waals surface area contributed by atoms with Gasteiger partial charge in [0.25, 0.3) is 0 Å². The molecule has 0 radical (unpaired) electrons. The largest absolute Gasteiger partial charge is 0.465 e. The van der Waals surface area contributed by atoms with Gasteiger partial charge in [-0.25, -0.2) is 14.8 Å². The third-order valence-electron chi connectivity index (χ3n) is 4.38. The monoisotopic (exact) mass is 372 g/mol. The average Bonchev–Trinajstić information content (AvgIpc) is 3.11. The van der Waals surface area contributed by atoms with Gasteiger partial charge in [-0.1, -0.05) is 11.6 Å². The van der Waals surface area contributed by atoms with Gasteiger partial charge in [0.1, 0.15) is 5.82 Å². The number of rotatable bonds is 3. The lowest BCUT2D eigenvalue weighted by Crippen LogP contribution is -2.48. The van der Waals surface area contributed by atoms with Gasteiger partial charge in [0.05, 0.1) is 22.6 Å². The van der Waals surface area contributed by atoms with Crippen molar-refractivity contribution < 1.29 is 9.90 Å². The Bertz CT molecular complexity index is 934. The van der Waals surface area contributed by atoms with Crippen molar-refractivity contribution in [3.05, 3.63) is 48.0 Å². The molecule has 3 aromatic heterocycles. The molecule has 2 N–H and O–H groups in total. The summed E-state index contributed by atoms with van der Waals surface area (Å²) in [6.07, 6.45) is 6.26.